The molecule has 0 saturated heterocycles. The highest BCUT2D eigenvalue weighted by Gasteiger charge is 2.16. The molecular weight excluding hydrogens is 224 g/mol. The van der Waals surface area contributed by atoms with Gasteiger partial charge in [-0.05, 0) is 17.5 Å². The lowest BCUT2D eigenvalue weighted by molar-refractivity contribution is -0.123. The van der Waals surface area contributed by atoms with E-state index in [1.807, 2.05) is 32.0 Å². The van der Waals surface area contributed by atoms with Gasteiger partial charge < -0.3 is 11.1 Å². The number of nitrogens with two attached hydrogens (primary N) is 1. The highest BCUT2D eigenvalue weighted by atomic mass is 35.5. The molecule has 16 heavy (non-hydrogen) atoms. The summed E-state index contributed by atoms with van der Waals surface area (Å²) in [6.07, 6.45) is 0. The van der Waals surface area contributed by atoms with Gasteiger partial charge in [0.2, 0.25) is 5.91 Å². The Bertz CT molecular complexity index is 366. The fourth-order valence-corrected chi connectivity index (χ4v) is 1.45. The number of carbonyl (C=O) groups is 1. The van der Waals surface area contributed by atoms with Crippen molar-refractivity contribution in [3.05, 3.63) is 34.9 Å². The van der Waals surface area contributed by atoms with E-state index in [0.717, 1.165) is 5.56 Å². The molecule has 1 atom stereocenters. The average Bonchev–Trinajstić information content (AvgIpc) is 2.26. The van der Waals surface area contributed by atoms with Gasteiger partial charge in [0, 0.05) is 11.6 Å². The van der Waals surface area contributed by atoms with Gasteiger partial charge in [-0.3, -0.25) is 4.79 Å². The second kappa shape index (κ2) is 5.87. The van der Waals surface area contributed by atoms with Crippen molar-refractivity contribution in [1.29, 1.82) is 0 Å². The van der Waals surface area contributed by atoms with E-state index in [9.17, 15) is 4.79 Å². The van der Waals surface area contributed by atoms with Crippen LogP contribution in [-0.4, -0.2) is 11.9 Å². The molecule has 0 spiro atoms. The summed E-state index contributed by atoms with van der Waals surface area (Å²) >= 11 is 5.97. The Labute approximate surface area is 101 Å². The van der Waals surface area contributed by atoms with Crippen LogP contribution in [0.1, 0.15) is 19.4 Å². The minimum absolute atomic E-state index is 0.131. The number of amides is 1. The Morgan fingerprint density at radius 2 is 2.06 bits per heavy atom. The molecule has 3 nitrogen and oxygen atoms in total. The molecule has 3 N–H and O–H groups in total. The molecule has 0 saturated carbocycles. The largest absolute Gasteiger partial charge is 0.351 e. The van der Waals surface area contributed by atoms with Gasteiger partial charge in [0.1, 0.15) is 0 Å². The third-order valence-corrected chi connectivity index (χ3v) is 2.80. The normalized spacial score (nSPS) is 12.6. The summed E-state index contributed by atoms with van der Waals surface area (Å²) in [7, 11) is 0. The molecule has 1 aromatic carbocycles. The first-order valence-electron chi connectivity index (χ1n) is 5.29. The summed E-state index contributed by atoms with van der Waals surface area (Å²) in [5, 5.41) is 3.43. The van der Waals surface area contributed by atoms with Crippen molar-refractivity contribution < 1.29 is 4.79 Å². The van der Waals surface area contributed by atoms with Crippen LogP contribution in [0.2, 0.25) is 5.02 Å². The van der Waals surface area contributed by atoms with Crippen molar-refractivity contribution >= 4 is 17.5 Å². The van der Waals surface area contributed by atoms with Gasteiger partial charge in [0.25, 0.3) is 0 Å². The SMILES string of the molecule is CC(C)C(N)C(=O)NCc1ccccc1Cl. The second-order valence-electron chi connectivity index (χ2n) is 4.08. The molecule has 1 aromatic rings. The highest BCUT2D eigenvalue weighted by molar-refractivity contribution is 6.31. The van der Waals surface area contributed by atoms with Crippen LogP contribution in [0.5, 0.6) is 0 Å². The molecule has 0 aliphatic carbocycles. The molecule has 0 aliphatic heterocycles. The van der Waals surface area contributed by atoms with Gasteiger partial charge in [-0.2, -0.15) is 0 Å². The minimum Gasteiger partial charge on any atom is -0.351 e. The zero-order valence-corrected chi connectivity index (χ0v) is 10.3. The topological polar surface area (TPSA) is 55.1 Å². The second-order valence-corrected chi connectivity index (χ2v) is 4.49. The van der Waals surface area contributed by atoms with Gasteiger partial charge in [-0.15, -0.1) is 0 Å². The summed E-state index contributed by atoms with van der Waals surface area (Å²) < 4.78 is 0. The Kier molecular flexibility index (Phi) is 4.77. The molecule has 0 heterocycles. The van der Waals surface area contributed by atoms with Crippen LogP contribution in [-0.2, 0) is 11.3 Å². The average molecular weight is 241 g/mol. The van der Waals surface area contributed by atoms with Crippen molar-refractivity contribution in [2.45, 2.75) is 26.4 Å². The predicted octanol–water partition coefficient (Wildman–Crippen LogP) is 1.94. The van der Waals surface area contributed by atoms with E-state index in [-0.39, 0.29) is 11.8 Å². The number of rotatable bonds is 4. The molecular formula is C12H17ClN2O. The standard InChI is InChI=1S/C12H17ClN2O/c1-8(2)11(14)12(16)15-7-9-5-3-4-6-10(9)13/h3-6,8,11H,7,14H2,1-2H3,(H,15,16). The molecule has 0 aliphatic rings. The van der Waals surface area contributed by atoms with Gasteiger partial charge in [-0.25, -0.2) is 0 Å². The van der Waals surface area contributed by atoms with Crippen LogP contribution in [0.15, 0.2) is 24.3 Å². The number of benzene rings is 1. The van der Waals surface area contributed by atoms with E-state index in [2.05, 4.69) is 5.32 Å². The highest BCUT2D eigenvalue weighted by Crippen LogP contribution is 2.14. The van der Waals surface area contributed by atoms with Crippen LogP contribution >= 0.6 is 11.6 Å². The number of nitrogens with one attached hydrogen (secondary N) is 1. The zero-order valence-electron chi connectivity index (χ0n) is 9.53. The van der Waals surface area contributed by atoms with Crippen molar-refractivity contribution in [2.24, 2.45) is 11.7 Å². The van der Waals surface area contributed by atoms with Crippen LogP contribution < -0.4 is 11.1 Å². The molecule has 0 aromatic heterocycles. The Balaban J connectivity index is 2.52. The molecule has 0 bridgehead atoms. The van der Waals surface area contributed by atoms with Crippen LogP contribution in [0.4, 0.5) is 0 Å². The van der Waals surface area contributed by atoms with Crippen molar-refractivity contribution in [1.82, 2.24) is 5.32 Å². The van der Waals surface area contributed by atoms with Gasteiger partial charge in [-0.1, -0.05) is 43.6 Å². The summed E-state index contributed by atoms with van der Waals surface area (Å²) in [6, 6.07) is 6.94. The third-order valence-electron chi connectivity index (χ3n) is 2.43. The lowest BCUT2D eigenvalue weighted by Gasteiger charge is -2.15. The summed E-state index contributed by atoms with van der Waals surface area (Å²) in [4.78, 5) is 11.6. The third kappa shape index (κ3) is 3.51. The molecule has 1 unspecified atom stereocenters. The van der Waals surface area contributed by atoms with Crippen LogP contribution in [0, 0.1) is 5.92 Å². The minimum atomic E-state index is -0.470. The molecule has 0 fully saturated rings. The molecule has 88 valence electrons. The maximum Gasteiger partial charge on any atom is 0.237 e. The van der Waals surface area contributed by atoms with E-state index in [1.54, 1.807) is 6.07 Å². The monoisotopic (exact) mass is 240 g/mol. The van der Waals surface area contributed by atoms with Crippen molar-refractivity contribution in [3.8, 4) is 0 Å². The Hall–Kier alpha value is -1.06. The zero-order chi connectivity index (χ0) is 12.1. The van der Waals surface area contributed by atoms with Crippen molar-refractivity contribution in [3.63, 3.8) is 0 Å². The molecule has 0 radical (unpaired) electrons. The van der Waals surface area contributed by atoms with Gasteiger partial charge in [0.05, 0.1) is 6.04 Å². The quantitative estimate of drug-likeness (QED) is 0.845. The predicted molar refractivity (Wildman–Crippen MR) is 66.1 cm³/mol. The van der Waals surface area contributed by atoms with E-state index >= 15 is 0 Å². The maximum absolute atomic E-state index is 11.6. The lowest BCUT2D eigenvalue weighted by Crippen LogP contribution is -2.43. The number of halogens is 1. The first kappa shape index (κ1) is 13.0. The molecule has 1 rings (SSSR count). The smallest absolute Gasteiger partial charge is 0.237 e. The summed E-state index contributed by atoms with van der Waals surface area (Å²) in [6.45, 7) is 4.25. The maximum atomic E-state index is 11.6. The van der Waals surface area contributed by atoms with Crippen molar-refractivity contribution in [2.75, 3.05) is 0 Å². The van der Waals surface area contributed by atoms with Crippen LogP contribution in [0.25, 0.3) is 0 Å². The Morgan fingerprint density at radius 1 is 1.44 bits per heavy atom. The Morgan fingerprint density at radius 3 is 2.62 bits per heavy atom. The van der Waals surface area contributed by atoms with E-state index < -0.39 is 6.04 Å². The summed E-state index contributed by atoms with van der Waals surface area (Å²) in [5.74, 6) is -0.0128. The van der Waals surface area contributed by atoms with Gasteiger partial charge >= 0.3 is 0 Å². The van der Waals surface area contributed by atoms with E-state index in [1.165, 1.54) is 0 Å². The van der Waals surface area contributed by atoms with Gasteiger partial charge in [0.15, 0.2) is 0 Å². The molecule has 4 heteroatoms. The fourth-order valence-electron chi connectivity index (χ4n) is 1.24. The van der Waals surface area contributed by atoms with E-state index in [4.69, 9.17) is 17.3 Å². The summed E-state index contributed by atoms with van der Waals surface area (Å²) in [5.41, 5.74) is 6.61. The van der Waals surface area contributed by atoms with E-state index in [0.29, 0.717) is 11.6 Å². The first-order valence-corrected chi connectivity index (χ1v) is 5.67. The molecule has 1 amide bonds. The first-order chi connectivity index (χ1) is 7.52. The fraction of sp³-hybridized carbons (Fsp3) is 0.417. The number of hydrogen-bond acceptors (Lipinski definition) is 2. The number of carbonyl (C=O) groups excluding carboxylic acids is 1. The van der Waals surface area contributed by atoms with Crippen LogP contribution in [0.3, 0.4) is 0 Å². The lowest BCUT2D eigenvalue weighted by atomic mass is 10.0. The number of hydrogen-bond donors (Lipinski definition) is 2.